The minimum Gasteiger partial charge on any atom is -0.480 e. The summed E-state index contributed by atoms with van der Waals surface area (Å²) in [6, 6.07) is 3.14. The van der Waals surface area contributed by atoms with Gasteiger partial charge in [0.25, 0.3) is 11.5 Å². The summed E-state index contributed by atoms with van der Waals surface area (Å²) in [6.45, 7) is 8.57. The molecule has 4 rings (SSSR count). The van der Waals surface area contributed by atoms with Crippen LogP contribution in [-0.4, -0.2) is 37.0 Å². The Balaban J connectivity index is 0.00000216. The zero-order valence-corrected chi connectivity index (χ0v) is 23.7. The lowest BCUT2D eigenvalue weighted by Gasteiger charge is -2.14. The Morgan fingerprint density at radius 1 is 1.20 bits per heavy atom. The number of allylic oxidation sites excluding steroid dienone is 5. The molecule has 0 spiro atoms. The second kappa shape index (κ2) is 12.5. The second-order valence-electron chi connectivity index (χ2n) is 8.85. The predicted molar refractivity (Wildman–Crippen MR) is 152 cm³/mol. The standard InChI is InChI=1S/C27H27F2N7O2.C2H6/c1-16-9-12-21(37)36(24(16)34-23(30)22-17(2)31-15-32-26(22)38-5)13-18-7-6-8-19(11-10-18)25-33-20(14-35(25)4)27(3,28)29;1-2/h6-7,9-12,14-15H,13H2,1-5H3,(H2,30,34);1-2H3. The van der Waals surface area contributed by atoms with Gasteiger partial charge < -0.3 is 15.0 Å². The van der Waals surface area contributed by atoms with E-state index in [1.807, 2.05) is 20.8 Å². The van der Waals surface area contributed by atoms with Gasteiger partial charge in [0, 0.05) is 26.2 Å². The summed E-state index contributed by atoms with van der Waals surface area (Å²) in [7, 11) is 3.12. The number of nitrogens with zero attached hydrogens (tertiary/aromatic N) is 6. The number of aromatic nitrogens is 5. The maximum Gasteiger partial charge on any atom is 0.288 e. The van der Waals surface area contributed by atoms with Crippen molar-refractivity contribution >= 4 is 17.2 Å². The number of imidazole rings is 1. The number of nitrogens with two attached hydrogens (primary N) is 1. The summed E-state index contributed by atoms with van der Waals surface area (Å²) in [5.41, 5.74) is 11.8. The van der Waals surface area contributed by atoms with Crippen LogP contribution in [0.4, 0.5) is 14.6 Å². The normalized spacial score (nSPS) is 13.3. The monoisotopic (exact) mass is 549 g/mol. The van der Waals surface area contributed by atoms with Crippen molar-refractivity contribution in [3.63, 3.8) is 0 Å². The number of aryl methyl sites for hydroxylation is 3. The summed E-state index contributed by atoms with van der Waals surface area (Å²) in [6.07, 6.45) is 9.63. The highest BCUT2D eigenvalue weighted by atomic mass is 19.3. The number of ether oxygens (including phenoxy) is 1. The average Bonchev–Trinajstić information content (AvgIpc) is 3.17. The SMILES string of the molecule is CC.COc1ncnc(C)c1/C(N)=N/c1c(C)ccc(=O)n1CC1=CC=C=C(c2nc(C(C)(F)F)cn2C)C=C1. The summed E-state index contributed by atoms with van der Waals surface area (Å²) < 4.78 is 35.9. The highest BCUT2D eigenvalue weighted by molar-refractivity contribution is 6.01. The van der Waals surface area contributed by atoms with Crippen LogP contribution in [0.15, 0.2) is 70.1 Å². The summed E-state index contributed by atoms with van der Waals surface area (Å²) in [4.78, 5) is 29.9. The number of hydrogen-bond acceptors (Lipinski definition) is 6. The van der Waals surface area contributed by atoms with Crippen molar-refractivity contribution in [3.05, 3.63) is 99.0 Å². The zero-order valence-electron chi connectivity index (χ0n) is 23.7. The van der Waals surface area contributed by atoms with Crippen LogP contribution >= 0.6 is 0 Å². The van der Waals surface area contributed by atoms with E-state index in [0.29, 0.717) is 28.5 Å². The maximum atomic E-state index is 13.8. The Morgan fingerprint density at radius 2 is 1.93 bits per heavy atom. The van der Waals surface area contributed by atoms with Gasteiger partial charge in [-0.15, -0.1) is 5.73 Å². The van der Waals surface area contributed by atoms with Gasteiger partial charge >= 0.3 is 0 Å². The Bertz CT molecular complexity index is 1620. The molecule has 0 radical (unpaired) electrons. The third-order valence-corrected chi connectivity index (χ3v) is 5.94. The Hall–Kier alpha value is -4.63. The van der Waals surface area contributed by atoms with Crippen LogP contribution in [0.3, 0.4) is 0 Å². The van der Waals surface area contributed by atoms with Crippen LogP contribution in [0.5, 0.6) is 5.88 Å². The molecule has 3 heterocycles. The van der Waals surface area contributed by atoms with E-state index >= 15 is 0 Å². The van der Waals surface area contributed by atoms with Gasteiger partial charge in [0.2, 0.25) is 5.88 Å². The first-order valence-electron chi connectivity index (χ1n) is 12.7. The Labute approximate surface area is 231 Å². The summed E-state index contributed by atoms with van der Waals surface area (Å²) in [5, 5.41) is 0. The van der Waals surface area contributed by atoms with E-state index in [0.717, 1.165) is 18.1 Å². The highest BCUT2D eigenvalue weighted by Gasteiger charge is 2.29. The largest absolute Gasteiger partial charge is 0.480 e. The lowest BCUT2D eigenvalue weighted by molar-refractivity contribution is 0.0131. The van der Waals surface area contributed by atoms with Crippen LogP contribution in [0.1, 0.15) is 49.1 Å². The molecule has 3 aromatic rings. The Morgan fingerprint density at radius 3 is 2.58 bits per heavy atom. The van der Waals surface area contributed by atoms with Crippen molar-refractivity contribution in [1.82, 2.24) is 24.1 Å². The predicted octanol–water partition coefficient (Wildman–Crippen LogP) is 4.91. The topological polar surface area (TPSA) is 113 Å². The number of halogens is 2. The van der Waals surface area contributed by atoms with Crippen LogP contribution in [0.2, 0.25) is 0 Å². The van der Waals surface area contributed by atoms with E-state index in [2.05, 4.69) is 25.7 Å². The molecule has 0 unspecified atom stereocenters. The van der Waals surface area contributed by atoms with Gasteiger partial charge in [0.1, 0.15) is 35.1 Å². The molecule has 1 aliphatic rings. The molecule has 3 aromatic heterocycles. The van der Waals surface area contributed by atoms with E-state index < -0.39 is 5.92 Å². The third-order valence-electron chi connectivity index (χ3n) is 5.94. The molecule has 2 N–H and O–H groups in total. The number of rotatable bonds is 7. The van der Waals surface area contributed by atoms with Gasteiger partial charge in [-0.25, -0.2) is 19.9 Å². The summed E-state index contributed by atoms with van der Waals surface area (Å²) in [5.74, 6) is -1.95. The fourth-order valence-electron chi connectivity index (χ4n) is 3.94. The van der Waals surface area contributed by atoms with E-state index in [4.69, 9.17) is 10.5 Å². The van der Waals surface area contributed by atoms with Crippen molar-refractivity contribution in [2.45, 2.75) is 47.1 Å². The fraction of sp³-hybridized carbons (Fsp3) is 0.310. The molecule has 0 fully saturated rings. The first kappa shape index (κ1) is 29.9. The van der Waals surface area contributed by atoms with Crippen molar-refractivity contribution < 1.29 is 13.5 Å². The molecule has 0 amide bonds. The lowest BCUT2D eigenvalue weighted by atomic mass is 10.2. The number of amidine groups is 1. The molecule has 1 aliphatic carbocycles. The van der Waals surface area contributed by atoms with Crippen molar-refractivity contribution in [2.24, 2.45) is 17.8 Å². The van der Waals surface area contributed by atoms with Gasteiger partial charge in [0.05, 0.1) is 24.9 Å². The fourth-order valence-corrected chi connectivity index (χ4v) is 3.94. The minimum absolute atomic E-state index is 0.106. The highest BCUT2D eigenvalue weighted by Crippen LogP contribution is 2.28. The minimum atomic E-state index is -3.06. The van der Waals surface area contributed by atoms with Gasteiger partial charge in [-0.2, -0.15) is 8.78 Å². The van der Waals surface area contributed by atoms with Crippen molar-refractivity contribution in [2.75, 3.05) is 7.11 Å². The molecular weight excluding hydrogens is 516 g/mol. The molecule has 0 atom stereocenters. The van der Waals surface area contributed by atoms with Gasteiger partial charge in [0.15, 0.2) is 0 Å². The molecule has 0 aromatic carbocycles. The van der Waals surface area contributed by atoms with Gasteiger partial charge in [-0.05, 0) is 43.2 Å². The molecule has 0 bridgehead atoms. The lowest BCUT2D eigenvalue weighted by Crippen LogP contribution is -2.23. The number of aliphatic imine (C=N–C) groups is 1. The molecule has 0 saturated carbocycles. The van der Waals surface area contributed by atoms with Crippen LogP contribution < -0.4 is 16.0 Å². The molecule has 40 heavy (non-hydrogen) atoms. The molecule has 9 nitrogen and oxygen atoms in total. The second-order valence-corrected chi connectivity index (χ2v) is 8.85. The van der Waals surface area contributed by atoms with Crippen molar-refractivity contribution in [1.29, 1.82) is 0 Å². The number of hydrogen-bond donors (Lipinski definition) is 1. The van der Waals surface area contributed by atoms with E-state index in [1.165, 1.54) is 34.8 Å². The quantitative estimate of drug-likeness (QED) is 0.255. The van der Waals surface area contributed by atoms with Crippen molar-refractivity contribution in [3.8, 4) is 5.88 Å². The van der Waals surface area contributed by atoms with Crippen LogP contribution in [0, 0.1) is 13.8 Å². The Kier molecular flexibility index (Phi) is 9.34. The zero-order chi connectivity index (χ0) is 29.6. The van der Waals surface area contributed by atoms with E-state index in [-0.39, 0.29) is 29.5 Å². The summed E-state index contributed by atoms with van der Waals surface area (Å²) >= 11 is 0. The van der Waals surface area contributed by atoms with Gasteiger partial charge in [-0.1, -0.05) is 26.0 Å². The molecule has 210 valence electrons. The molecule has 0 saturated heterocycles. The van der Waals surface area contributed by atoms with E-state index in [9.17, 15) is 13.6 Å². The smallest absolute Gasteiger partial charge is 0.288 e. The van der Waals surface area contributed by atoms with E-state index in [1.54, 1.807) is 44.3 Å². The number of pyridine rings is 1. The van der Waals surface area contributed by atoms with Gasteiger partial charge in [-0.3, -0.25) is 9.36 Å². The third kappa shape index (κ3) is 6.50. The average molecular weight is 550 g/mol. The molecular formula is C29H33F2N7O2. The molecule has 0 aliphatic heterocycles. The number of alkyl halides is 2. The number of methoxy groups -OCH3 is 1. The van der Waals surface area contributed by atoms with Crippen LogP contribution in [0.25, 0.3) is 5.57 Å². The maximum absolute atomic E-state index is 13.8. The first-order valence-corrected chi connectivity index (χ1v) is 12.7. The first-order chi connectivity index (χ1) is 19.0. The van der Waals surface area contributed by atoms with Crippen LogP contribution in [-0.2, 0) is 19.5 Å². The molecule has 11 heteroatoms.